The van der Waals surface area contributed by atoms with Gasteiger partial charge >= 0.3 is 0 Å². The summed E-state index contributed by atoms with van der Waals surface area (Å²) in [6, 6.07) is 3.78. The number of rotatable bonds is 3. The largest absolute Gasteiger partial charge is 0.339 e. The Kier molecular flexibility index (Phi) is 4.14. The first-order valence-electron chi connectivity index (χ1n) is 8.81. The molecule has 0 N–H and O–H groups in total. The van der Waals surface area contributed by atoms with Crippen LogP contribution < -0.4 is 0 Å². The molecule has 2 bridgehead atoms. The van der Waals surface area contributed by atoms with Gasteiger partial charge in [-0.1, -0.05) is 12.5 Å². The molecule has 2 amide bonds. The van der Waals surface area contributed by atoms with Crippen LogP contribution in [0, 0.1) is 17.8 Å². The van der Waals surface area contributed by atoms with Gasteiger partial charge in [-0.25, -0.2) is 0 Å². The summed E-state index contributed by atoms with van der Waals surface area (Å²) < 4.78 is 0. The number of fused-ring (bicyclic) bond motifs is 2. The molecule has 1 aliphatic heterocycles. The Morgan fingerprint density at radius 2 is 1.87 bits per heavy atom. The molecular weight excluding hydrogens is 308 g/mol. The van der Waals surface area contributed by atoms with Crippen LogP contribution in [0.1, 0.15) is 41.8 Å². The third-order valence-corrected chi connectivity index (χ3v) is 6.83. The molecule has 3 atom stereocenters. The number of carbonyl (C=O) groups is 2. The van der Waals surface area contributed by atoms with Crippen LogP contribution in [0.25, 0.3) is 0 Å². The first-order valence-corrected chi connectivity index (χ1v) is 9.69. The molecule has 0 aromatic carbocycles. The van der Waals surface area contributed by atoms with Crippen molar-refractivity contribution in [2.24, 2.45) is 17.8 Å². The van der Waals surface area contributed by atoms with E-state index in [9.17, 15) is 9.59 Å². The zero-order chi connectivity index (χ0) is 15.8. The van der Waals surface area contributed by atoms with E-state index in [0.29, 0.717) is 38.0 Å². The zero-order valence-electron chi connectivity index (χ0n) is 13.4. The molecule has 4 nitrogen and oxygen atoms in total. The maximum atomic E-state index is 12.6. The Hall–Kier alpha value is -1.36. The Morgan fingerprint density at radius 3 is 2.48 bits per heavy atom. The molecule has 1 aromatic rings. The number of carbonyl (C=O) groups excluding carboxylic acids is 2. The van der Waals surface area contributed by atoms with Gasteiger partial charge in [0.15, 0.2) is 0 Å². The lowest BCUT2D eigenvalue weighted by Crippen LogP contribution is -2.50. The Balaban J connectivity index is 1.28. The van der Waals surface area contributed by atoms with E-state index in [2.05, 4.69) is 0 Å². The van der Waals surface area contributed by atoms with Crippen LogP contribution in [-0.2, 0) is 4.79 Å². The van der Waals surface area contributed by atoms with E-state index in [1.807, 2.05) is 27.3 Å². The van der Waals surface area contributed by atoms with Gasteiger partial charge in [-0.3, -0.25) is 9.59 Å². The number of amides is 2. The van der Waals surface area contributed by atoms with Crippen molar-refractivity contribution >= 4 is 23.2 Å². The van der Waals surface area contributed by atoms with Crippen LogP contribution in [0.3, 0.4) is 0 Å². The second-order valence-electron chi connectivity index (χ2n) is 7.29. The predicted octanol–water partition coefficient (Wildman–Crippen LogP) is 2.86. The fourth-order valence-corrected chi connectivity index (χ4v) is 5.39. The van der Waals surface area contributed by atoms with Crippen LogP contribution in [0.2, 0.25) is 0 Å². The molecule has 124 valence electrons. The topological polar surface area (TPSA) is 40.6 Å². The number of hydrogen-bond donors (Lipinski definition) is 0. The third-order valence-electron chi connectivity index (χ3n) is 5.97. The minimum atomic E-state index is 0.111. The molecule has 2 saturated carbocycles. The van der Waals surface area contributed by atoms with E-state index in [-0.39, 0.29) is 5.91 Å². The quantitative estimate of drug-likeness (QED) is 0.854. The third kappa shape index (κ3) is 3.03. The molecule has 0 spiro atoms. The molecule has 3 fully saturated rings. The first-order chi connectivity index (χ1) is 11.2. The van der Waals surface area contributed by atoms with Crippen molar-refractivity contribution in [3.8, 4) is 0 Å². The molecule has 2 aliphatic carbocycles. The van der Waals surface area contributed by atoms with Crippen molar-refractivity contribution < 1.29 is 9.59 Å². The summed E-state index contributed by atoms with van der Waals surface area (Å²) in [5.41, 5.74) is 0. The van der Waals surface area contributed by atoms with Gasteiger partial charge in [-0.15, -0.1) is 11.3 Å². The van der Waals surface area contributed by atoms with E-state index in [1.54, 1.807) is 0 Å². The lowest BCUT2D eigenvalue weighted by Gasteiger charge is -2.35. The molecular formula is C18H24N2O2S. The SMILES string of the molecule is O=C(C[C@@H]1C[C@@H]2CC[C@@H]1C2)N1CCN(C(=O)c2cccs2)CC1. The Labute approximate surface area is 141 Å². The van der Waals surface area contributed by atoms with Crippen molar-refractivity contribution in [1.29, 1.82) is 0 Å². The van der Waals surface area contributed by atoms with Crippen molar-refractivity contribution in [2.45, 2.75) is 32.1 Å². The highest BCUT2D eigenvalue weighted by Gasteiger charge is 2.40. The molecule has 1 aromatic heterocycles. The van der Waals surface area contributed by atoms with E-state index in [4.69, 9.17) is 0 Å². The van der Waals surface area contributed by atoms with E-state index >= 15 is 0 Å². The summed E-state index contributed by atoms with van der Waals surface area (Å²) in [6.07, 6.45) is 6.10. The summed E-state index contributed by atoms with van der Waals surface area (Å²) in [4.78, 5) is 29.6. The molecule has 5 heteroatoms. The highest BCUT2D eigenvalue weighted by molar-refractivity contribution is 7.12. The predicted molar refractivity (Wildman–Crippen MR) is 90.4 cm³/mol. The van der Waals surface area contributed by atoms with Gasteiger partial charge in [0.2, 0.25) is 5.91 Å². The van der Waals surface area contributed by atoms with Crippen molar-refractivity contribution in [3.05, 3.63) is 22.4 Å². The highest BCUT2D eigenvalue weighted by Crippen LogP contribution is 2.49. The summed E-state index contributed by atoms with van der Waals surface area (Å²) >= 11 is 1.49. The summed E-state index contributed by atoms with van der Waals surface area (Å²) in [7, 11) is 0. The molecule has 0 unspecified atom stereocenters. The van der Waals surface area contributed by atoms with Crippen LogP contribution >= 0.6 is 11.3 Å². The zero-order valence-corrected chi connectivity index (χ0v) is 14.3. The van der Waals surface area contributed by atoms with Gasteiger partial charge < -0.3 is 9.80 Å². The maximum absolute atomic E-state index is 12.6. The minimum absolute atomic E-state index is 0.111. The number of hydrogen-bond acceptors (Lipinski definition) is 3. The van der Waals surface area contributed by atoms with E-state index in [1.165, 1.54) is 37.0 Å². The van der Waals surface area contributed by atoms with Crippen LogP contribution in [0.15, 0.2) is 17.5 Å². The molecule has 23 heavy (non-hydrogen) atoms. The standard InChI is InChI=1S/C18H24N2O2S/c21-17(12-15-11-13-3-4-14(15)10-13)19-5-7-20(8-6-19)18(22)16-2-1-9-23-16/h1-2,9,13-15H,3-8,10-12H2/t13-,14-,15+/m1/s1. The summed E-state index contributed by atoms with van der Waals surface area (Å²) in [5, 5.41) is 1.93. The average Bonchev–Trinajstić information content (AvgIpc) is 3.32. The van der Waals surface area contributed by atoms with Crippen molar-refractivity contribution in [2.75, 3.05) is 26.2 Å². The smallest absolute Gasteiger partial charge is 0.264 e. The van der Waals surface area contributed by atoms with E-state index in [0.717, 1.165) is 23.1 Å². The van der Waals surface area contributed by atoms with Gasteiger partial charge in [0, 0.05) is 32.6 Å². The van der Waals surface area contributed by atoms with Crippen LogP contribution in [0.5, 0.6) is 0 Å². The van der Waals surface area contributed by atoms with Crippen LogP contribution in [-0.4, -0.2) is 47.8 Å². The molecule has 0 radical (unpaired) electrons. The van der Waals surface area contributed by atoms with Gasteiger partial charge in [-0.05, 0) is 48.5 Å². The van der Waals surface area contributed by atoms with E-state index < -0.39 is 0 Å². The highest BCUT2D eigenvalue weighted by atomic mass is 32.1. The first kappa shape index (κ1) is 15.2. The van der Waals surface area contributed by atoms with Crippen molar-refractivity contribution in [3.63, 3.8) is 0 Å². The van der Waals surface area contributed by atoms with Gasteiger partial charge in [0.1, 0.15) is 0 Å². The summed E-state index contributed by atoms with van der Waals surface area (Å²) in [6.45, 7) is 2.71. The Morgan fingerprint density at radius 1 is 1.09 bits per heavy atom. The fraction of sp³-hybridized carbons (Fsp3) is 0.667. The molecule has 2 heterocycles. The molecule has 3 aliphatic rings. The van der Waals surface area contributed by atoms with Crippen molar-refractivity contribution in [1.82, 2.24) is 9.80 Å². The monoisotopic (exact) mass is 332 g/mol. The number of thiophene rings is 1. The Bertz CT molecular complexity index is 578. The van der Waals surface area contributed by atoms with Gasteiger partial charge in [0.25, 0.3) is 5.91 Å². The number of nitrogens with zero attached hydrogens (tertiary/aromatic N) is 2. The molecule has 4 rings (SSSR count). The lowest BCUT2D eigenvalue weighted by molar-refractivity contribution is -0.134. The molecule has 1 saturated heterocycles. The minimum Gasteiger partial charge on any atom is -0.339 e. The van der Waals surface area contributed by atoms with Crippen LogP contribution in [0.4, 0.5) is 0 Å². The van der Waals surface area contributed by atoms with Gasteiger partial charge in [-0.2, -0.15) is 0 Å². The summed E-state index contributed by atoms with van der Waals surface area (Å²) in [5.74, 6) is 2.77. The number of piperazine rings is 1. The normalized spacial score (nSPS) is 30.0. The second-order valence-corrected chi connectivity index (χ2v) is 8.24. The maximum Gasteiger partial charge on any atom is 0.264 e. The second kappa shape index (κ2) is 6.27. The lowest BCUT2D eigenvalue weighted by atomic mass is 9.86. The fourth-order valence-electron chi connectivity index (χ4n) is 4.69. The average molecular weight is 332 g/mol. The van der Waals surface area contributed by atoms with Gasteiger partial charge in [0.05, 0.1) is 4.88 Å².